The molecule has 5 nitrogen and oxygen atoms in total. The molecule has 1 saturated carbocycles. The molecule has 2 heterocycles. The fraction of sp³-hybridized carbons (Fsp3) is 0.385. The van der Waals surface area contributed by atoms with E-state index in [-0.39, 0.29) is 23.7 Å². The summed E-state index contributed by atoms with van der Waals surface area (Å²) in [6.45, 7) is 1.31. The summed E-state index contributed by atoms with van der Waals surface area (Å²) >= 11 is 0. The minimum absolute atomic E-state index is 0.0328. The van der Waals surface area contributed by atoms with Gasteiger partial charge in [0.1, 0.15) is 0 Å². The Kier molecular flexibility index (Phi) is 5.49. The predicted molar refractivity (Wildman–Crippen MR) is 123 cm³/mol. The van der Waals surface area contributed by atoms with E-state index in [1.54, 1.807) is 0 Å². The van der Waals surface area contributed by atoms with Crippen molar-refractivity contribution < 1.29 is 9.59 Å². The molecule has 3 aromatic rings. The number of fused-ring (bicyclic) bond motifs is 2. The number of aromatic amines is 1. The van der Waals surface area contributed by atoms with Gasteiger partial charge in [-0.15, -0.1) is 0 Å². The first-order valence-electron chi connectivity index (χ1n) is 11.4. The summed E-state index contributed by atoms with van der Waals surface area (Å²) in [5, 5.41) is 4.33. The van der Waals surface area contributed by atoms with Crippen LogP contribution in [0.25, 0.3) is 10.9 Å². The van der Waals surface area contributed by atoms with Crippen LogP contribution in [0, 0.1) is 11.8 Å². The number of aromatic nitrogens is 1. The summed E-state index contributed by atoms with van der Waals surface area (Å²) in [7, 11) is 0. The van der Waals surface area contributed by atoms with Crippen molar-refractivity contribution in [1.29, 1.82) is 0 Å². The molecular weight excluding hydrogens is 386 g/mol. The van der Waals surface area contributed by atoms with Gasteiger partial charge in [0.15, 0.2) is 0 Å². The van der Waals surface area contributed by atoms with Crippen molar-refractivity contribution in [3.8, 4) is 0 Å². The summed E-state index contributed by atoms with van der Waals surface area (Å²) < 4.78 is 0. The molecule has 1 aliphatic heterocycles. The lowest BCUT2D eigenvalue weighted by Crippen LogP contribution is -2.45. The van der Waals surface area contributed by atoms with Gasteiger partial charge in [-0.25, -0.2) is 0 Å². The number of nitrogens with zero attached hydrogens (tertiary/aromatic N) is 1. The van der Waals surface area contributed by atoms with Gasteiger partial charge in [-0.1, -0.05) is 49.2 Å². The zero-order valence-corrected chi connectivity index (χ0v) is 17.8. The molecule has 0 unspecified atom stereocenters. The van der Waals surface area contributed by atoms with Crippen LogP contribution in [0.4, 0.5) is 5.69 Å². The number of nitrogens with one attached hydrogen (secondary N) is 2. The molecule has 0 spiro atoms. The van der Waals surface area contributed by atoms with E-state index in [0.29, 0.717) is 6.54 Å². The summed E-state index contributed by atoms with van der Waals surface area (Å²) in [4.78, 5) is 31.7. The van der Waals surface area contributed by atoms with E-state index in [2.05, 4.69) is 28.5 Å². The Labute approximate surface area is 182 Å². The highest BCUT2D eigenvalue weighted by Gasteiger charge is 2.39. The Morgan fingerprint density at radius 3 is 2.68 bits per heavy atom. The standard InChI is InChI=1S/C26H29N3O2/c30-25(27-15-13-19-17-28-23-11-5-4-8-20(19)23)21-9-2-3-10-22(21)26(31)29-16-14-18-7-1-6-12-24(18)29/h1,4-8,11-12,17,21-22,28H,2-3,9-10,13-16H2,(H,27,30)/t21-,22+/m0/s1. The third-order valence-electron chi connectivity index (χ3n) is 6.94. The number of anilines is 1. The van der Waals surface area contributed by atoms with Gasteiger partial charge in [0, 0.05) is 41.8 Å². The van der Waals surface area contributed by atoms with Gasteiger partial charge < -0.3 is 15.2 Å². The van der Waals surface area contributed by atoms with Crippen molar-refractivity contribution in [2.24, 2.45) is 11.8 Å². The topological polar surface area (TPSA) is 65.2 Å². The Morgan fingerprint density at radius 1 is 1.00 bits per heavy atom. The second-order valence-electron chi connectivity index (χ2n) is 8.77. The van der Waals surface area contributed by atoms with Crippen LogP contribution in [-0.4, -0.2) is 29.9 Å². The van der Waals surface area contributed by atoms with Crippen LogP contribution in [0.5, 0.6) is 0 Å². The number of amides is 2. The maximum atomic E-state index is 13.4. The maximum absolute atomic E-state index is 13.4. The quantitative estimate of drug-likeness (QED) is 0.655. The lowest BCUT2D eigenvalue weighted by molar-refractivity contribution is -0.135. The normalized spacial score (nSPS) is 20.6. The van der Waals surface area contributed by atoms with E-state index >= 15 is 0 Å². The first-order valence-corrected chi connectivity index (χ1v) is 11.4. The molecule has 1 fully saturated rings. The molecule has 0 saturated heterocycles. The third-order valence-corrected chi connectivity index (χ3v) is 6.94. The Bertz CT molecular complexity index is 1100. The van der Waals surface area contributed by atoms with E-state index in [1.165, 1.54) is 16.5 Å². The molecule has 2 amide bonds. The lowest BCUT2D eigenvalue weighted by Gasteiger charge is -2.32. The van der Waals surface area contributed by atoms with E-state index in [4.69, 9.17) is 0 Å². The summed E-state index contributed by atoms with van der Waals surface area (Å²) in [5.74, 6) is -0.281. The monoisotopic (exact) mass is 415 g/mol. The van der Waals surface area contributed by atoms with Crippen LogP contribution in [0.15, 0.2) is 54.7 Å². The molecule has 5 heteroatoms. The average Bonchev–Trinajstić information content (AvgIpc) is 3.43. The average molecular weight is 416 g/mol. The van der Waals surface area contributed by atoms with Crippen molar-refractivity contribution in [3.05, 3.63) is 65.9 Å². The van der Waals surface area contributed by atoms with Crippen molar-refractivity contribution >= 4 is 28.4 Å². The van der Waals surface area contributed by atoms with Gasteiger partial charge in [0.05, 0.1) is 5.92 Å². The summed E-state index contributed by atoms with van der Waals surface area (Å²) in [6.07, 6.45) is 7.33. The van der Waals surface area contributed by atoms with Crippen LogP contribution in [0.3, 0.4) is 0 Å². The number of H-pyrrole nitrogens is 1. The molecular formula is C26H29N3O2. The molecule has 2 aromatic carbocycles. The highest BCUT2D eigenvalue weighted by molar-refractivity contribution is 5.99. The zero-order valence-electron chi connectivity index (χ0n) is 17.8. The summed E-state index contributed by atoms with van der Waals surface area (Å²) in [5.41, 5.74) is 4.58. The van der Waals surface area contributed by atoms with Crippen molar-refractivity contribution in [2.75, 3.05) is 18.0 Å². The number of carbonyl (C=O) groups is 2. The molecule has 2 atom stereocenters. The van der Waals surface area contributed by atoms with Gasteiger partial charge in [0.2, 0.25) is 11.8 Å². The van der Waals surface area contributed by atoms with Crippen molar-refractivity contribution in [3.63, 3.8) is 0 Å². The SMILES string of the molecule is O=C(NCCc1c[nH]c2ccccc12)[C@H]1CCCC[C@H]1C(=O)N1CCc2ccccc21. The highest BCUT2D eigenvalue weighted by atomic mass is 16.2. The zero-order chi connectivity index (χ0) is 21.2. The maximum Gasteiger partial charge on any atom is 0.230 e. The van der Waals surface area contributed by atoms with Gasteiger partial charge in [-0.05, 0) is 48.9 Å². The van der Waals surface area contributed by atoms with Crippen LogP contribution in [-0.2, 0) is 22.4 Å². The van der Waals surface area contributed by atoms with Gasteiger partial charge in [0.25, 0.3) is 0 Å². The third kappa shape index (κ3) is 3.85. The minimum atomic E-state index is -0.225. The molecule has 0 bridgehead atoms. The van der Waals surface area contributed by atoms with Gasteiger partial charge in [-0.3, -0.25) is 9.59 Å². The van der Waals surface area contributed by atoms with E-state index < -0.39 is 0 Å². The van der Waals surface area contributed by atoms with Crippen LogP contribution in [0.1, 0.15) is 36.8 Å². The fourth-order valence-electron chi connectivity index (χ4n) is 5.30. The first kappa shape index (κ1) is 19.9. The van der Waals surface area contributed by atoms with E-state index in [9.17, 15) is 9.59 Å². The van der Waals surface area contributed by atoms with Gasteiger partial charge >= 0.3 is 0 Å². The van der Waals surface area contributed by atoms with E-state index in [1.807, 2.05) is 41.4 Å². The smallest absolute Gasteiger partial charge is 0.230 e. The van der Waals surface area contributed by atoms with Crippen LogP contribution < -0.4 is 10.2 Å². The minimum Gasteiger partial charge on any atom is -0.361 e. The highest BCUT2D eigenvalue weighted by Crippen LogP contribution is 2.36. The second-order valence-corrected chi connectivity index (χ2v) is 8.77. The van der Waals surface area contributed by atoms with Crippen LogP contribution in [0.2, 0.25) is 0 Å². The number of hydrogen-bond donors (Lipinski definition) is 2. The molecule has 2 N–H and O–H groups in total. The molecule has 1 aliphatic carbocycles. The number of carbonyl (C=O) groups excluding carboxylic acids is 2. The Morgan fingerprint density at radius 2 is 1.77 bits per heavy atom. The number of para-hydroxylation sites is 2. The fourth-order valence-corrected chi connectivity index (χ4v) is 5.30. The summed E-state index contributed by atoms with van der Waals surface area (Å²) in [6, 6.07) is 16.4. The molecule has 160 valence electrons. The Balaban J connectivity index is 1.24. The lowest BCUT2D eigenvalue weighted by atomic mass is 9.77. The molecule has 1 aromatic heterocycles. The largest absolute Gasteiger partial charge is 0.361 e. The van der Waals surface area contributed by atoms with Crippen LogP contribution >= 0.6 is 0 Å². The second kappa shape index (κ2) is 8.58. The van der Waals surface area contributed by atoms with Crippen molar-refractivity contribution in [1.82, 2.24) is 10.3 Å². The number of rotatable bonds is 5. The molecule has 0 radical (unpaired) electrons. The number of benzene rings is 2. The number of hydrogen-bond acceptors (Lipinski definition) is 2. The van der Waals surface area contributed by atoms with E-state index in [0.717, 1.165) is 56.3 Å². The molecule has 31 heavy (non-hydrogen) atoms. The first-order chi connectivity index (χ1) is 15.2. The Hall–Kier alpha value is -3.08. The van der Waals surface area contributed by atoms with Gasteiger partial charge in [-0.2, -0.15) is 0 Å². The predicted octanol–water partition coefficient (Wildman–Crippen LogP) is 4.22. The molecule has 5 rings (SSSR count). The van der Waals surface area contributed by atoms with Crippen molar-refractivity contribution in [2.45, 2.75) is 38.5 Å². The molecule has 2 aliphatic rings.